The van der Waals surface area contributed by atoms with E-state index in [1.54, 1.807) is 66.7 Å². The minimum atomic E-state index is -3.55. The largest absolute Gasteiger partial charge is 0.372 e. The van der Waals surface area contributed by atoms with Crippen molar-refractivity contribution >= 4 is 64.6 Å². The molecule has 0 spiro atoms. The molecule has 4 amide bonds. The van der Waals surface area contributed by atoms with Crippen molar-refractivity contribution in [2.75, 3.05) is 27.9 Å². The summed E-state index contributed by atoms with van der Waals surface area (Å²) < 4.78 is 53.6. The minimum absolute atomic E-state index is 0.240. The van der Waals surface area contributed by atoms with Crippen molar-refractivity contribution < 1.29 is 27.3 Å². The van der Waals surface area contributed by atoms with Crippen LogP contribution in [0.3, 0.4) is 0 Å². The third-order valence-corrected chi connectivity index (χ3v) is 22.2. The molecule has 12 rings (SSSR count). The van der Waals surface area contributed by atoms with Crippen LogP contribution in [0.1, 0.15) is 93.5 Å². The predicted molar refractivity (Wildman–Crippen MR) is 317 cm³/mol. The highest BCUT2D eigenvalue weighted by Crippen LogP contribution is 2.51. The molecule has 80 heavy (non-hydrogen) atoms. The van der Waals surface area contributed by atoms with Gasteiger partial charge < -0.3 is 26.0 Å². The Morgan fingerprint density at radius 1 is 0.512 bits per heavy atom. The Bertz CT molecular complexity index is 3900. The number of rotatable bonds is 12. The van der Waals surface area contributed by atoms with Gasteiger partial charge in [-0.2, -0.15) is 4.36 Å². The van der Waals surface area contributed by atoms with Crippen LogP contribution in [0.25, 0.3) is 0 Å². The molecule has 8 unspecified atom stereocenters. The smallest absolute Gasteiger partial charge is 0.354 e. The van der Waals surface area contributed by atoms with E-state index >= 15 is 0 Å². The fraction of sp³-hybridized carbons (Fsp3) is 0.377. The Kier molecular flexibility index (Phi) is 14.3. The van der Waals surface area contributed by atoms with E-state index in [9.17, 15) is 27.3 Å². The maximum Gasteiger partial charge on any atom is 0.354 e. The zero-order valence-electron chi connectivity index (χ0n) is 45.4. The van der Waals surface area contributed by atoms with Gasteiger partial charge in [-0.25, -0.2) is 37.6 Å². The molecular formula is C61H70N10O6S3. The van der Waals surface area contributed by atoms with E-state index in [0.29, 0.717) is 4.90 Å². The van der Waals surface area contributed by atoms with Crippen LogP contribution in [-0.4, -0.2) is 49.2 Å². The summed E-state index contributed by atoms with van der Waals surface area (Å²) in [5, 5.41) is 40.2. The highest BCUT2D eigenvalue weighted by Gasteiger charge is 2.42. The lowest BCUT2D eigenvalue weighted by Gasteiger charge is -2.23. The van der Waals surface area contributed by atoms with Crippen molar-refractivity contribution in [1.29, 1.82) is 0 Å². The van der Waals surface area contributed by atoms with Gasteiger partial charge in [0.05, 0.1) is 14.7 Å². The SMILES string of the molecule is CC(C)N(C)c1ccc(S(N)(=O)=NC(=O)Nc2c3c(cc4c2CC(C2Cc5cc6c(c(NC(O)N=S(N)(=O)c7ccccc7)c5C2)CC(C2Cc5cc7c(c(NC(=O)N=S(N)(=O)c8ccccc8)c5C2)CCC7)C6)C4)CCC3)cc1. The van der Waals surface area contributed by atoms with Crippen LogP contribution in [0.15, 0.2) is 131 Å². The Hall–Kier alpha value is -6.45. The van der Waals surface area contributed by atoms with Crippen molar-refractivity contribution in [3.63, 3.8) is 0 Å². The van der Waals surface area contributed by atoms with E-state index in [-0.39, 0.29) is 39.5 Å². The zero-order valence-corrected chi connectivity index (χ0v) is 47.9. The monoisotopic (exact) mass is 1130 g/mol. The topological polar surface area (TPSA) is 260 Å². The summed E-state index contributed by atoms with van der Waals surface area (Å²) in [6, 6.07) is 29.9. The Labute approximate surface area is 470 Å². The van der Waals surface area contributed by atoms with Crippen LogP contribution in [-0.2, 0) is 107 Å². The second-order valence-corrected chi connectivity index (χ2v) is 28.6. The normalized spacial score (nSPS) is 21.9. The van der Waals surface area contributed by atoms with Crippen LogP contribution >= 0.6 is 0 Å². The van der Waals surface area contributed by atoms with E-state index in [0.717, 1.165) is 146 Å². The molecule has 0 heterocycles. The van der Waals surface area contributed by atoms with Gasteiger partial charge in [0.1, 0.15) is 29.7 Å². The first-order valence-corrected chi connectivity index (χ1v) is 32.6. The number of aryl methyl sites for hydroxylation is 2. The number of amides is 4. The average molecular weight is 1140 g/mol. The number of aliphatic hydroxyl groups excluding tert-OH is 1. The van der Waals surface area contributed by atoms with Gasteiger partial charge >= 0.3 is 12.1 Å². The number of carbonyl (C=O) groups is 2. The highest BCUT2D eigenvalue weighted by atomic mass is 32.2. The fourth-order valence-corrected chi connectivity index (χ4v) is 16.8. The highest BCUT2D eigenvalue weighted by molar-refractivity contribution is 7.92. The average Bonchev–Trinajstić information content (AvgIpc) is 4.15. The number of nitrogens with two attached hydrogens (primary N) is 3. The summed E-state index contributed by atoms with van der Waals surface area (Å²) in [5.74, 6) is 0.982. The number of nitrogens with zero attached hydrogens (tertiary/aromatic N) is 4. The van der Waals surface area contributed by atoms with E-state index in [1.807, 2.05) is 25.2 Å². The van der Waals surface area contributed by atoms with Gasteiger partial charge in [-0.05, 0) is 243 Å². The second kappa shape index (κ2) is 21.1. The molecule has 418 valence electrons. The number of carbonyl (C=O) groups excluding carboxylic acids is 2. The quantitative estimate of drug-likeness (QED) is 0.0579. The number of fused-ring (bicyclic) bond motifs is 6. The molecule has 6 aliphatic rings. The van der Waals surface area contributed by atoms with Crippen molar-refractivity contribution in [1.82, 2.24) is 0 Å². The number of aliphatic hydroxyl groups is 1. The van der Waals surface area contributed by atoms with E-state index in [2.05, 4.69) is 66.0 Å². The summed E-state index contributed by atoms with van der Waals surface area (Å²) in [6.45, 7) is 4.17. The van der Waals surface area contributed by atoms with Crippen molar-refractivity contribution in [2.24, 2.45) is 52.2 Å². The molecule has 0 bridgehead atoms. The molecule has 16 nitrogen and oxygen atoms in total. The second-order valence-electron chi connectivity index (χ2n) is 23.2. The van der Waals surface area contributed by atoms with Gasteiger partial charge in [-0.15, -0.1) is 8.73 Å². The standard InChI is InChI=1S/C61H70N10O6S3/c1-35(2)71(3)46-20-22-49(23-21-46)80(64,77)70-60(73)66-57-51-19-11-13-37(51)25-43-27-39(32-53(43)57)41-29-45-30-44-28-40(33-54(44)58(55(45)34-41)67-61(74)69-79(63,76)48-16-8-5-9-17-48)38-26-42-24-36-12-10-18-50(36)56(52(42)31-38)65-59(72)68-78(62,75)47-14-6-4-7-15-47/h4-9,14-17,20-25,30,35,38-41,61,67,74H,10-13,18-19,26-29,31-34H2,1-3H3,(H2,63,69,76)(H3,62,65,68,72,75)(H3,64,66,70,73,77). The molecule has 0 saturated heterocycles. The Morgan fingerprint density at radius 2 is 0.887 bits per heavy atom. The Balaban J connectivity index is 0.811. The minimum Gasteiger partial charge on any atom is -0.372 e. The van der Waals surface area contributed by atoms with Gasteiger partial charge in [0, 0.05) is 35.8 Å². The van der Waals surface area contributed by atoms with E-state index in [1.165, 1.54) is 33.4 Å². The third kappa shape index (κ3) is 10.5. The lowest BCUT2D eigenvalue weighted by molar-refractivity contribution is 0.215. The predicted octanol–water partition coefficient (Wildman–Crippen LogP) is 9.72. The summed E-state index contributed by atoms with van der Waals surface area (Å²) in [4.78, 5) is 30.5. The summed E-state index contributed by atoms with van der Waals surface area (Å²) in [7, 11) is -8.50. The number of benzene rings is 6. The van der Waals surface area contributed by atoms with Gasteiger partial charge in [0.2, 0.25) is 6.35 Å². The van der Waals surface area contributed by atoms with E-state index < -0.39 is 48.2 Å². The number of urea groups is 2. The van der Waals surface area contributed by atoms with Crippen molar-refractivity contribution in [3.05, 3.63) is 170 Å². The molecular weight excluding hydrogens is 1060 g/mol. The number of hydrogen-bond acceptors (Lipinski definition) is 9. The Morgan fingerprint density at radius 3 is 1.30 bits per heavy atom. The molecule has 0 aromatic heterocycles. The van der Waals surface area contributed by atoms with Gasteiger partial charge in [0.15, 0.2) is 0 Å². The van der Waals surface area contributed by atoms with Crippen LogP contribution < -0.4 is 36.3 Å². The number of nitrogens with one attached hydrogen (secondary N) is 3. The van der Waals surface area contributed by atoms with Gasteiger partial charge in [-0.1, -0.05) is 54.6 Å². The maximum absolute atomic E-state index is 13.9. The van der Waals surface area contributed by atoms with Gasteiger partial charge in [-0.3, -0.25) is 0 Å². The molecule has 8 atom stereocenters. The summed E-state index contributed by atoms with van der Waals surface area (Å²) in [5.41, 5.74) is 17.3. The molecule has 6 aromatic carbocycles. The van der Waals surface area contributed by atoms with E-state index in [4.69, 9.17) is 15.4 Å². The van der Waals surface area contributed by atoms with Crippen LogP contribution in [0.2, 0.25) is 0 Å². The molecule has 0 radical (unpaired) electrons. The van der Waals surface area contributed by atoms with Crippen molar-refractivity contribution in [3.8, 4) is 0 Å². The lowest BCUT2D eigenvalue weighted by Crippen LogP contribution is -2.25. The van der Waals surface area contributed by atoms with Crippen LogP contribution in [0.4, 0.5) is 32.3 Å². The molecule has 10 N–H and O–H groups in total. The molecule has 0 fully saturated rings. The molecule has 0 saturated carbocycles. The van der Waals surface area contributed by atoms with Crippen molar-refractivity contribution in [2.45, 2.75) is 131 Å². The first-order chi connectivity index (χ1) is 38.3. The summed E-state index contributed by atoms with van der Waals surface area (Å²) in [6.07, 6.45) is 10.2. The van der Waals surface area contributed by atoms with Crippen LogP contribution in [0.5, 0.6) is 0 Å². The first-order valence-electron chi connectivity index (χ1n) is 27.9. The number of anilines is 4. The molecule has 0 aliphatic heterocycles. The fourth-order valence-electron chi connectivity index (χ4n) is 13.9. The molecule has 6 aromatic rings. The molecule has 6 aliphatic carbocycles. The summed E-state index contributed by atoms with van der Waals surface area (Å²) >= 11 is 0. The first kappa shape index (κ1) is 54.2. The van der Waals surface area contributed by atoms with Crippen LogP contribution in [0, 0.1) is 23.7 Å². The molecule has 19 heteroatoms. The third-order valence-electron chi connectivity index (χ3n) is 18.0. The lowest BCUT2D eigenvalue weighted by atomic mass is 9.86. The van der Waals surface area contributed by atoms with Gasteiger partial charge in [0.25, 0.3) is 0 Å². The zero-order chi connectivity index (χ0) is 55.8. The maximum atomic E-state index is 13.9. The number of hydrogen-bond donors (Lipinski definition) is 7.